The predicted molar refractivity (Wildman–Crippen MR) is 103 cm³/mol. The van der Waals surface area contributed by atoms with Crippen LogP contribution in [0, 0.1) is 13.8 Å². The lowest BCUT2D eigenvalue weighted by Gasteiger charge is -2.14. The van der Waals surface area contributed by atoms with Crippen molar-refractivity contribution in [1.82, 2.24) is 5.32 Å². The fourth-order valence-corrected chi connectivity index (χ4v) is 2.70. The molecule has 0 fully saturated rings. The Balaban J connectivity index is 1.64. The van der Waals surface area contributed by atoms with Crippen molar-refractivity contribution in [3.63, 3.8) is 0 Å². The molecule has 1 aliphatic heterocycles. The second kappa shape index (κ2) is 7.74. The zero-order chi connectivity index (χ0) is 18.5. The van der Waals surface area contributed by atoms with E-state index in [1.165, 1.54) is 6.34 Å². The third kappa shape index (κ3) is 4.03. The number of amides is 2. The van der Waals surface area contributed by atoms with Crippen LogP contribution in [0.2, 0.25) is 0 Å². The zero-order valence-corrected chi connectivity index (χ0v) is 14.7. The molecular formula is C20H20N4O2. The van der Waals surface area contributed by atoms with Gasteiger partial charge in [0.1, 0.15) is 12.1 Å². The summed E-state index contributed by atoms with van der Waals surface area (Å²) in [6.07, 6.45) is 1.25. The highest BCUT2D eigenvalue weighted by Gasteiger charge is 2.31. The monoisotopic (exact) mass is 348 g/mol. The molecule has 1 unspecified atom stereocenters. The summed E-state index contributed by atoms with van der Waals surface area (Å²) >= 11 is 0. The molecule has 0 radical (unpaired) electrons. The molecule has 2 amide bonds. The first-order valence-electron chi connectivity index (χ1n) is 8.34. The van der Waals surface area contributed by atoms with E-state index in [4.69, 9.17) is 0 Å². The van der Waals surface area contributed by atoms with E-state index in [0.717, 1.165) is 16.7 Å². The maximum atomic E-state index is 12.6. The molecule has 26 heavy (non-hydrogen) atoms. The van der Waals surface area contributed by atoms with Crippen LogP contribution < -0.4 is 10.6 Å². The molecule has 1 aliphatic rings. The van der Waals surface area contributed by atoms with Crippen LogP contribution >= 0.6 is 0 Å². The number of rotatable bonds is 5. The molecule has 6 heteroatoms. The molecule has 2 aromatic carbocycles. The number of nitrogens with zero attached hydrogens (tertiary/aromatic N) is 2. The second-order valence-corrected chi connectivity index (χ2v) is 6.16. The number of carbonyl (C=O) groups excluding carboxylic acids is 2. The lowest BCUT2D eigenvalue weighted by Crippen LogP contribution is -2.41. The van der Waals surface area contributed by atoms with Gasteiger partial charge in [-0.15, -0.1) is 0 Å². The van der Waals surface area contributed by atoms with E-state index < -0.39 is 11.9 Å². The highest BCUT2D eigenvalue weighted by molar-refractivity contribution is 6.47. The summed E-state index contributed by atoms with van der Waals surface area (Å²) in [5, 5.41) is 5.60. The highest BCUT2D eigenvalue weighted by atomic mass is 16.2. The Morgan fingerprint density at radius 3 is 2.58 bits per heavy atom. The summed E-state index contributed by atoms with van der Waals surface area (Å²) in [5.74, 6) is -0.772. The van der Waals surface area contributed by atoms with Gasteiger partial charge in [0, 0.05) is 12.2 Å². The van der Waals surface area contributed by atoms with E-state index >= 15 is 0 Å². The van der Waals surface area contributed by atoms with Crippen LogP contribution in [0.15, 0.2) is 58.5 Å². The first-order chi connectivity index (χ1) is 12.5. The van der Waals surface area contributed by atoms with E-state index in [2.05, 4.69) is 20.6 Å². The number of carbonyl (C=O) groups is 2. The van der Waals surface area contributed by atoms with Crippen LogP contribution in [0.25, 0.3) is 0 Å². The Labute approximate surface area is 152 Å². The largest absolute Gasteiger partial charge is 0.347 e. The number of hydrogen-bond acceptors (Lipinski definition) is 4. The molecule has 1 atom stereocenters. The topological polar surface area (TPSA) is 82.9 Å². The molecule has 3 rings (SSSR count). The SMILES string of the molecule is Cc1ccc(NC(=O)C2N=CN=C2C(=O)NCc2ccccc2)c(C)c1. The summed E-state index contributed by atoms with van der Waals surface area (Å²) in [4.78, 5) is 33.0. The number of anilines is 1. The molecule has 1 heterocycles. The maximum Gasteiger partial charge on any atom is 0.268 e. The third-order valence-corrected chi connectivity index (χ3v) is 4.09. The fourth-order valence-electron chi connectivity index (χ4n) is 2.70. The quantitative estimate of drug-likeness (QED) is 0.870. The average molecular weight is 348 g/mol. The number of aryl methyl sites for hydroxylation is 2. The van der Waals surface area contributed by atoms with Crippen LogP contribution in [0.3, 0.4) is 0 Å². The van der Waals surface area contributed by atoms with Crippen molar-refractivity contribution < 1.29 is 9.59 Å². The lowest BCUT2D eigenvalue weighted by molar-refractivity contribution is -0.118. The van der Waals surface area contributed by atoms with Gasteiger partial charge in [0.2, 0.25) is 0 Å². The van der Waals surface area contributed by atoms with Crippen molar-refractivity contribution in [3.05, 3.63) is 65.2 Å². The van der Waals surface area contributed by atoms with E-state index in [1.54, 1.807) is 0 Å². The van der Waals surface area contributed by atoms with Crippen LogP contribution in [0.5, 0.6) is 0 Å². The summed E-state index contributed by atoms with van der Waals surface area (Å²) in [5.41, 5.74) is 3.83. The molecule has 2 aromatic rings. The zero-order valence-electron chi connectivity index (χ0n) is 14.7. The molecule has 0 bridgehead atoms. The van der Waals surface area contributed by atoms with E-state index in [-0.39, 0.29) is 11.6 Å². The van der Waals surface area contributed by atoms with Crippen molar-refractivity contribution >= 4 is 29.6 Å². The van der Waals surface area contributed by atoms with Gasteiger partial charge in [0.05, 0.1) is 0 Å². The van der Waals surface area contributed by atoms with Gasteiger partial charge in [-0.3, -0.25) is 14.6 Å². The molecule has 132 valence electrons. The van der Waals surface area contributed by atoms with Gasteiger partial charge in [0.15, 0.2) is 6.04 Å². The van der Waals surface area contributed by atoms with Crippen LogP contribution in [-0.4, -0.2) is 29.9 Å². The van der Waals surface area contributed by atoms with Gasteiger partial charge in [-0.25, -0.2) is 4.99 Å². The minimum atomic E-state index is -0.938. The van der Waals surface area contributed by atoms with Crippen molar-refractivity contribution in [2.24, 2.45) is 9.98 Å². The summed E-state index contributed by atoms with van der Waals surface area (Å²) in [7, 11) is 0. The van der Waals surface area contributed by atoms with Crippen molar-refractivity contribution in [3.8, 4) is 0 Å². The molecule has 0 saturated carbocycles. The maximum absolute atomic E-state index is 12.6. The minimum Gasteiger partial charge on any atom is -0.347 e. The van der Waals surface area contributed by atoms with Crippen molar-refractivity contribution in [2.75, 3.05) is 5.32 Å². The first kappa shape index (κ1) is 17.5. The Kier molecular flexibility index (Phi) is 5.22. The summed E-state index contributed by atoms with van der Waals surface area (Å²) in [6, 6.07) is 14.3. The fraction of sp³-hybridized carbons (Fsp3) is 0.200. The molecular weight excluding hydrogens is 328 g/mol. The molecule has 0 spiro atoms. The number of benzene rings is 2. The Hall–Kier alpha value is -3.28. The second-order valence-electron chi connectivity index (χ2n) is 6.16. The van der Waals surface area contributed by atoms with E-state index in [1.807, 2.05) is 62.4 Å². The lowest BCUT2D eigenvalue weighted by atomic mass is 10.1. The Morgan fingerprint density at radius 1 is 1.08 bits per heavy atom. The molecule has 0 aliphatic carbocycles. The number of aliphatic imine (C=N–C) groups is 2. The van der Waals surface area contributed by atoms with Crippen molar-refractivity contribution in [2.45, 2.75) is 26.4 Å². The standard InChI is InChI=1S/C20H20N4O2/c1-13-8-9-16(14(2)10-13)24-20(26)18-17(22-12-23-18)19(25)21-11-15-6-4-3-5-7-15/h3-10,12,18H,11H2,1-2H3,(H,21,25)(H,24,26). The minimum absolute atomic E-state index is 0.100. The molecule has 6 nitrogen and oxygen atoms in total. The van der Waals surface area contributed by atoms with Gasteiger partial charge in [0.25, 0.3) is 11.8 Å². The van der Waals surface area contributed by atoms with Gasteiger partial charge >= 0.3 is 0 Å². The molecule has 0 aromatic heterocycles. The molecule has 2 N–H and O–H groups in total. The normalized spacial score (nSPS) is 15.5. The van der Waals surface area contributed by atoms with Crippen LogP contribution in [0.4, 0.5) is 5.69 Å². The van der Waals surface area contributed by atoms with E-state index in [9.17, 15) is 9.59 Å². The van der Waals surface area contributed by atoms with Gasteiger partial charge in [-0.1, -0.05) is 48.0 Å². The number of hydrogen-bond donors (Lipinski definition) is 2. The molecule has 0 saturated heterocycles. The average Bonchev–Trinajstić information content (AvgIpc) is 3.13. The van der Waals surface area contributed by atoms with Gasteiger partial charge in [-0.2, -0.15) is 0 Å². The van der Waals surface area contributed by atoms with Crippen LogP contribution in [-0.2, 0) is 16.1 Å². The Bertz CT molecular complexity index is 888. The summed E-state index contributed by atoms with van der Waals surface area (Å²) < 4.78 is 0. The summed E-state index contributed by atoms with van der Waals surface area (Å²) in [6.45, 7) is 4.27. The highest BCUT2D eigenvalue weighted by Crippen LogP contribution is 2.17. The van der Waals surface area contributed by atoms with Crippen LogP contribution in [0.1, 0.15) is 16.7 Å². The third-order valence-electron chi connectivity index (χ3n) is 4.09. The van der Waals surface area contributed by atoms with Crippen molar-refractivity contribution in [1.29, 1.82) is 0 Å². The first-order valence-corrected chi connectivity index (χ1v) is 8.34. The van der Waals surface area contributed by atoms with Gasteiger partial charge < -0.3 is 10.6 Å². The smallest absolute Gasteiger partial charge is 0.268 e. The van der Waals surface area contributed by atoms with E-state index in [0.29, 0.717) is 12.2 Å². The van der Waals surface area contributed by atoms with Gasteiger partial charge in [-0.05, 0) is 31.0 Å². The number of nitrogens with one attached hydrogen (secondary N) is 2. The predicted octanol–water partition coefficient (Wildman–Crippen LogP) is 2.41. The Morgan fingerprint density at radius 2 is 1.85 bits per heavy atom.